The number of unbranched alkanes of at least 4 members (excludes halogenated alkanes) is 1. The van der Waals surface area contributed by atoms with Crippen molar-refractivity contribution in [1.29, 1.82) is 0 Å². The molecule has 10 heteroatoms. The lowest BCUT2D eigenvalue weighted by Gasteiger charge is -2.17. The van der Waals surface area contributed by atoms with E-state index in [4.69, 9.17) is 14.5 Å². The Morgan fingerprint density at radius 2 is 2.00 bits per heavy atom. The third-order valence-corrected chi connectivity index (χ3v) is 6.72. The third-order valence-electron chi connectivity index (χ3n) is 6.23. The zero-order valence-electron chi connectivity index (χ0n) is 23.5. The van der Waals surface area contributed by atoms with Gasteiger partial charge in [-0.1, -0.05) is 41.4 Å². The number of aryl methyl sites for hydroxylation is 1. The minimum Gasteiger partial charge on any atom is -0.490 e. The van der Waals surface area contributed by atoms with Gasteiger partial charge in [0.05, 0.1) is 23.7 Å². The molecular formula is C32H32BrFN4O4. The van der Waals surface area contributed by atoms with Crippen LogP contribution in [0.1, 0.15) is 43.6 Å². The predicted octanol–water partition coefficient (Wildman–Crippen LogP) is 6.67. The number of anilines is 1. The van der Waals surface area contributed by atoms with Crippen LogP contribution in [0.25, 0.3) is 10.9 Å². The molecule has 1 aromatic heterocycles. The van der Waals surface area contributed by atoms with Crippen molar-refractivity contribution < 1.29 is 18.7 Å². The number of amides is 1. The van der Waals surface area contributed by atoms with E-state index in [-0.39, 0.29) is 12.2 Å². The van der Waals surface area contributed by atoms with Crippen molar-refractivity contribution in [2.24, 2.45) is 5.10 Å². The zero-order chi connectivity index (χ0) is 30.1. The molecule has 0 spiro atoms. The molecule has 4 rings (SSSR count). The number of carbonyl (C=O) groups excluding carboxylic acids is 1. The van der Waals surface area contributed by atoms with Crippen LogP contribution >= 0.6 is 15.9 Å². The number of halogens is 2. The lowest BCUT2D eigenvalue weighted by Crippen LogP contribution is -2.22. The second-order valence-corrected chi connectivity index (χ2v) is 10.4. The van der Waals surface area contributed by atoms with Crippen molar-refractivity contribution in [3.63, 3.8) is 0 Å². The number of fused-ring (bicyclic) bond motifs is 1. The highest BCUT2D eigenvalue weighted by Crippen LogP contribution is 2.34. The molecule has 0 aliphatic heterocycles. The van der Waals surface area contributed by atoms with Gasteiger partial charge in [0.25, 0.3) is 11.5 Å². The highest BCUT2D eigenvalue weighted by atomic mass is 79.9. The van der Waals surface area contributed by atoms with Crippen LogP contribution in [0.5, 0.6) is 11.5 Å². The molecule has 0 saturated carbocycles. The van der Waals surface area contributed by atoms with Crippen LogP contribution < -0.4 is 20.3 Å². The lowest BCUT2D eigenvalue weighted by molar-refractivity contribution is -0.118. The van der Waals surface area contributed by atoms with Crippen LogP contribution in [-0.2, 0) is 17.6 Å². The Morgan fingerprint density at radius 3 is 2.74 bits per heavy atom. The van der Waals surface area contributed by atoms with E-state index in [0.717, 1.165) is 22.9 Å². The number of hydrogen-bond acceptors (Lipinski definition) is 6. The number of hydrogen-bond donors (Lipinski definition) is 1. The zero-order valence-corrected chi connectivity index (χ0v) is 25.1. The molecule has 0 radical (unpaired) electrons. The van der Waals surface area contributed by atoms with E-state index in [0.29, 0.717) is 58.9 Å². The maximum atomic E-state index is 13.5. The van der Waals surface area contributed by atoms with Gasteiger partial charge in [0.15, 0.2) is 18.1 Å². The molecule has 1 heterocycles. The molecule has 0 bridgehead atoms. The van der Waals surface area contributed by atoms with E-state index >= 15 is 0 Å². The summed E-state index contributed by atoms with van der Waals surface area (Å²) in [5, 5.41) is 7.64. The highest BCUT2D eigenvalue weighted by Gasteiger charge is 2.16. The van der Waals surface area contributed by atoms with E-state index in [1.54, 1.807) is 30.5 Å². The Morgan fingerprint density at radius 1 is 1.17 bits per heavy atom. The standard InChI is InChI=1S/C32H32BrFN4O4/c1-4-7-12-29-37-27-14-13-23(33)17-26(27)32(40)38(29)35-19-21-15-22(9-5-2)31(28(16-21)41-6-3)42-20-30(39)36-25-11-8-10-24(34)18-25/h5,8,10-11,13-19H,2,4,6-7,9,12,20H2,1,3H3,(H,36,39). The smallest absolute Gasteiger partial charge is 0.282 e. The number of rotatable bonds is 13. The number of ether oxygens (including phenoxy) is 2. The first kappa shape index (κ1) is 30.6. The van der Waals surface area contributed by atoms with Crippen LogP contribution in [0.2, 0.25) is 0 Å². The molecule has 0 unspecified atom stereocenters. The SMILES string of the molecule is C=CCc1cc(C=Nn2c(CCCC)nc3ccc(Br)cc3c2=O)cc(OCC)c1OCC(=O)Nc1cccc(F)c1. The fourth-order valence-electron chi connectivity index (χ4n) is 4.33. The van der Waals surface area contributed by atoms with Crippen LogP contribution in [0, 0.1) is 5.82 Å². The Balaban J connectivity index is 1.67. The van der Waals surface area contributed by atoms with Crippen LogP contribution in [0.3, 0.4) is 0 Å². The largest absolute Gasteiger partial charge is 0.490 e. The second kappa shape index (κ2) is 14.5. The third kappa shape index (κ3) is 7.70. The van der Waals surface area contributed by atoms with Crippen molar-refractivity contribution >= 4 is 44.6 Å². The molecule has 8 nitrogen and oxygen atoms in total. The predicted molar refractivity (Wildman–Crippen MR) is 167 cm³/mol. The molecule has 0 atom stereocenters. The first-order valence-electron chi connectivity index (χ1n) is 13.7. The average Bonchev–Trinajstić information content (AvgIpc) is 2.96. The van der Waals surface area contributed by atoms with Gasteiger partial charge in [-0.25, -0.2) is 9.37 Å². The monoisotopic (exact) mass is 634 g/mol. The Bertz CT molecular complexity index is 1690. The van der Waals surface area contributed by atoms with Crippen molar-refractivity contribution in [1.82, 2.24) is 9.66 Å². The van der Waals surface area contributed by atoms with Gasteiger partial charge in [0, 0.05) is 22.1 Å². The van der Waals surface area contributed by atoms with Crippen LogP contribution in [0.4, 0.5) is 10.1 Å². The maximum absolute atomic E-state index is 13.5. The number of carbonyl (C=O) groups is 1. The van der Waals surface area contributed by atoms with Crippen molar-refractivity contribution in [3.8, 4) is 11.5 Å². The van der Waals surface area contributed by atoms with E-state index < -0.39 is 11.7 Å². The first-order chi connectivity index (χ1) is 20.3. The molecule has 42 heavy (non-hydrogen) atoms. The van der Waals surface area contributed by atoms with E-state index in [1.165, 1.54) is 22.9 Å². The van der Waals surface area contributed by atoms with E-state index in [2.05, 4.69) is 39.9 Å². The maximum Gasteiger partial charge on any atom is 0.282 e. The van der Waals surface area contributed by atoms with Crippen LogP contribution in [-0.4, -0.2) is 35.0 Å². The molecule has 1 N–H and O–H groups in total. The quantitative estimate of drug-likeness (QED) is 0.131. The Hall–Kier alpha value is -4.31. The van der Waals surface area contributed by atoms with Gasteiger partial charge in [-0.15, -0.1) is 6.58 Å². The molecule has 1 amide bonds. The minimum absolute atomic E-state index is 0.260. The van der Waals surface area contributed by atoms with Crippen molar-refractivity contribution in [2.45, 2.75) is 39.5 Å². The van der Waals surface area contributed by atoms with Gasteiger partial charge in [0.1, 0.15) is 11.6 Å². The minimum atomic E-state index is -0.454. The fraction of sp³-hybridized carbons (Fsp3) is 0.250. The molecule has 0 aliphatic carbocycles. The molecule has 3 aromatic carbocycles. The second-order valence-electron chi connectivity index (χ2n) is 9.43. The fourth-order valence-corrected chi connectivity index (χ4v) is 4.69. The molecule has 0 fully saturated rings. The van der Waals surface area contributed by atoms with Crippen molar-refractivity contribution in [2.75, 3.05) is 18.5 Å². The molecule has 0 saturated heterocycles. The molecule has 4 aromatic rings. The van der Waals surface area contributed by atoms with Gasteiger partial charge in [-0.05, 0) is 73.9 Å². The van der Waals surface area contributed by atoms with Gasteiger partial charge in [-0.2, -0.15) is 9.78 Å². The highest BCUT2D eigenvalue weighted by molar-refractivity contribution is 9.10. The Labute approximate surface area is 252 Å². The molecule has 218 valence electrons. The van der Waals surface area contributed by atoms with Gasteiger partial charge >= 0.3 is 0 Å². The van der Waals surface area contributed by atoms with Crippen molar-refractivity contribution in [3.05, 3.63) is 105 Å². The summed E-state index contributed by atoms with van der Waals surface area (Å²) in [5.74, 6) is 0.475. The van der Waals surface area contributed by atoms with Gasteiger partial charge in [-0.3, -0.25) is 9.59 Å². The summed E-state index contributed by atoms with van der Waals surface area (Å²) in [6, 6.07) is 14.6. The first-order valence-corrected chi connectivity index (χ1v) is 14.5. The number of nitrogens with one attached hydrogen (secondary N) is 1. The summed E-state index contributed by atoms with van der Waals surface area (Å²) in [4.78, 5) is 30.7. The van der Waals surface area contributed by atoms with E-state index in [9.17, 15) is 14.0 Å². The molecular weight excluding hydrogens is 603 g/mol. The molecule has 0 aliphatic rings. The van der Waals surface area contributed by atoms with E-state index in [1.807, 2.05) is 25.1 Å². The number of allylic oxidation sites excluding steroid dienone is 1. The lowest BCUT2D eigenvalue weighted by atomic mass is 10.1. The summed E-state index contributed by atoms with van der Waals surface area (Å²) in [5.41, 5.74) is 2.07. The summed E-state index contributed by atoms with van der Waals surface area (Å²) < 4.78 is 27.4. The van der Waals surface area contributed by atoms with Gasteiger partial charge in [0.2, 0.25) is 0 Å². The summed E-state index contributed by atoms with van der Waals surface area (Å²) in [7, 11) is 0. The topological polar surface area (TPSA) is 94.8 Å². The summed E-state index contributed by atoms with van der Waals surface area (Å²) >= 11 is 3.43. The number of aromatic nitrogens is 2. The summed E-state index contributed by atoms with van der Waals surface area (Å²) in [6.45, 7) is 7.79. The number of benzene rings is 3. The summed E-state index contributed by atoms with van der Waals surface area (Å²) in [6.07, 6.45) is 6.13. The Kier molecular flexibility index (Phi) is 10.6. The number of nitrogens with zero attached hydrogens (tertiary/aromatic N) is 3. The van der Waals surface area contributed by atoms with Crippen LogP contribution in [0.15, 0.2) is 81.6 Å². The normalized spacial score (nSPS) is 11.1. The van der Waals surface area contributed by atoms with Gasteiger partial charge < -0.3 is 14.8 Å². The average molecular weight is 636 g/mol.